The molecule has 1 N–H and O–H groups in total. The van der Waals surface area contributed by atoms with Gasteiger partial charge in [0.05, 0.1) is 12.7 Å². The number of ether oxygens (including phenoxy) is 3. The number of benzene rings is 4. The largest absolute Gasteiger partial charge is 0.508 e. The van der Waals surface area contributed by atoms with Crippen molar-refractivity contribution in [2.75, 3.05) is 33.4 Å². The number of carbonyl (C=O) groups excluding carboxylic acids is 1. The first kappa shape index (κ1) is 24.7. The van der Waals surface area contributed by atoms with Crippen LogP contribution in [0.5, 0.6) is 23.0 Å². The molecule has 0 aromatic heterocycles. The average molecular weight is 498 g/mol. The van der Waals surface area contributed by atoms with Crippen LogP contribution in [-0.2, 0) is 4.74 Å². The summed E-state index contributed by atoms with van der Waals surface area (Å²) in [5.41, 5.74) is 2.11. The Morgan fingerprint density at radius 2 is 1.68 bits per heavy atom. The fourth-order valence-electron chi connectivity index (χ4n) is 4.75. The SMILES string of the molecule is COC(=O)c1cccc(-c2ccc3cc(O)ccc3c2Oc2ccc(OCCN3CCCCC3)cc2)c1. The molecule has 4 aromatic carbocycles. The number of phenolic OH excluding ortho intramolecular Hbond substituents is 1. The Labute approximate surface area is 217 Å². The molecule has 0 unspecified atom stereocenters. The third kappa shape index (κ3) is 5.87. The van der Waals surface area contributed by atoms with Crippen molar-refractivity contribution in [3.63, 3.8) is 0 Å². The monoisotopic (exact) mass is 497 g/mol. The van der Waals surface area contributed by atoms with Crippen LogP contribution >= 0.6 is 0 Å². The molecule has 0 bridgehead atoms. The summed E-state index contributed by atoms with van der Waals surface area (Å²) in [5.74, 6) is 1.89. The van der Waals surface area contributed by atoms with Crippen molar-refractivity contribution in [2.45, 2.75) is 19.3 Å². The second-order valence-corrected chi connectivity index (χ2v) is 9.24. The number of likely N-dealkylation sites (tertiary alicyclic amines) is 1. The number of rotatable bonds is 8. The molecule has 0 spiro atoms. The number of phenols is 1. The second kappa shape index (κ2) is 11.4. The van der Waals surface area contributed by atoms with Crippen molar-refractivity contribution in [1.29, 1.82) is 0 Å². The summed E-state index contributed by atoms with van der Waals surface area (Å²) in [6.45, 7) is 3.91. The van der Waals surface area contributed by atoms with E-state index in [0.29, 0.717) is 23.7 Å². The molecule has 1 aliphatic rings. The zero-order valence-electron chi connectivity index (χ0n) is 21.0. The van der Waals surface area contributed by atoms with Gasteiger partial charge >= 0.3 is 5.97 Å². The second-order valence-electron chi connectivity index (χ2n) is 9.24. The van der Waals surface area contributed by atoms with Gasteiger partial charge in [0, 0.05) is 17.5 Å². The molecule has 1 heterocycles. The van der Waals surface area contributed by atoms with Crippen LogP contribution in [-0.4, -0.2) is 49.3 Å². The van der Waals surface area contributed by atoms with E-state index in [0.717, 1.165) is 47.3 Å². The summed E-state index contributed by atoms with van der Waals surface area (Å²) < 4.78 is 17.3. The lowest BCUT2D eigenvalue weighted by molar-refractivity contribution is 0.0600. The van der Waals surface area contributed by atoms with Crippen molar-refractivity contribution in [1.82, 2.24) is 4.90 Å². The molecule has 1 fully saturated rings. The maximum atomic E-state index is 12.1. The molecule has 6 heteroatoms. The van der Waals surface area contributed by atoms with Gasteiger partial charge in [-0.05, 0) is 97.5 Å². The van der Waals surface area contributed by atoms with Crippen molar-refractivity contribution >= 4 is 16.7 Å². The van der Waals surface area contributed by atoms with E-state index in [1.165, 1.54) is 26.4 Å². The van der Waals surface area contributed by atoms with E-state index in [-0.39, 0.29) is 5.75 Å². The predicted molar refractivity (Wildman–Crippen MR) is 145 cm³/mol. The summed E-state index contributed by atoms with van der Waals surface area (Å²) in [5, 5.41) is 11.7. The van der Waals surface area contributed by atoms with Crippen molar-refractivity contribution < 1.29 is 24.1 Å². The Kier molecular flexibility index (Phi) is 7.57. The molecule has 4 aromatic rings. The standard InChI is InChI=1S/C31H31NO5/c1-35-31(34)24-7-5-6-22(20-24)28-14-8-23-21-25(33)9-15-29(23)30(28)37-27-12-10-26(11-13-27)36-19-18-32-16-3-2-4-17-32/h5-15,20-21,33H,2-4,16-19H2,1H3. The van der Waals surface area contributed by atoms with E-state index in [9.17, 15) is 9.90 Å². The van der Waals surface area contributed by atoms with Crippen molar-refractivity contribution in [3.8, 4) is 34.1 Å². The third-order valence-corrected chi connectivity index (χ3v) is 6.72. The first-order valence-corrected chi connectivity index (χ1v) is 12.7. The van der Waals surface area contributed by atoms with E-state index in [1.807, 2.05) is 54.6 Å². The van der Waals surface area contributed by atoms with Crippen molar-refractivity contribution in [3.05, 3.63) is 84.4 Å². The highest BCUT2D eigenvalue weighted by Crippen LogP contribution is 2.41. The number of aromatic hydroxyl groups is 1. The van der Waals surface area contributed by atoms with Gasteiger partial charge in [0.1, 0.15) is 29.6 Å². The molecule has 190 valence electrons. The number of methoxy groups -OCH3 is 1. The summed E-state index contributed by atoms with van der Waals surface area (Å²) in [7, 11) is 1.37. The van der Waals surface area contributed by atoms with Gasteiger partial charge in [0.15, 0.2) is 0 Å². The Morgan fingerprint density at radius 1 is 0.892 bits per heavy atom. The number of nitrogens with zero attached hydrogens (tertiary/aromatic N) is 1. The molecule has 5 rings (SSSR count). The molecular weight excluding hydrogens is 466 g/mol. The summed E-state index contributed by atoms with van der Waals surface area (Å²) in [6.07, 6.45) is 3.87. The quantitative estimate of drug-likeness (QED) is 0.275. The third-order valence-electron chi connectivity index (χ3n) is 6.72. The van der Waals surface area contributed by atoms with Gasteiger partial charge in [-0.1, -0.05) is 24.6 Å². The Morgan fingerprint density at radius 3 is 2.46 bits per heavy atom. The number of hydrogen-bond donors (Lipinski definition) is 1. The van der Waals surface area contributed by atoms with Crippen LogP contribution in [0.1, 0.15) is 29.6 Å². The zero-order valence-corrected chi connectivity index (χ0v) is 21.0. The lowest BCUT2D eigenvalue weighted by atomic mass is 9.98. The lowest BCUT2D eigenvalue weighted by Gasteiger charge is -2.26. The normalized spacial score (nSPS) is 13.9. The van der Waals surface area contributed by atoms with Crippen LogP contribution in [0.15, 0.2) is 78.9 Å². The minimum absolute atomic E-state index is 0.185. The fraction of sp³-hybridized carbons (Fsp3) is 0.258. The molecule has 0 saturated carbocycles. The summed E-state index contributed by atoms with van der Waals surface area (Å²) in [6, 6.07) is 23.9. The Bertz CT molecular complexity index is 1380. The summed E-state index contributed by atoms with van der Waals surface area (Å²) >= 11 is 0. The topological polar surface area (TPSA) is 68.2 Å². The lowest BCUT2D eigenvalue weighted by Crippen LogP contribution is -2.33. The molecule has 0 radical (unpaired) electrons. The van der Waals surface area contributed by atoms with Gasteiger partial charge in [-0.2, -0.15) is 0 Å². The van der Waals surface area contributed by atoms with Crippen LogP contribution in [0.3, 0.4) is 0 Å². The number of carbonyl (C=O) groups is 1. The minimum atomic E-state index is -0.397. The van der Waals surface area contributed by atoms with Gasteiger partial charge in [0.25, 0.3) is 0 Å². The highest BCUT2D eigenvalue weighted by Gasteiger charge is 2.15. The molecule has 0 aliphatic carbocycles. The highest BCUT2D eigenvalue weighted by atomic mass is 16.5. The fourth-order valence-corrected chi connectivity index (χ4v) is 4.75. The number of fused-ring (bicyclic) bond motifs is 1. The van der Waals surface area contributed by atoms with E-state index in [2.05, 4.69) is 4.90 Å². The van der Waals surface area contributed by atoms with Gasteiger partial charge < -0.3 is 19.3 Å². The average Bonchev–Trinajstić information content (AvgIpc) is 2.94. The minimum Gasteiger partial charge on any atom is -0.508 e. The number of esters is 1. The van der Waals surface area contributed by atoms with Crippen LogP contribution in [0, 0.1) is 0 Å². The van der Waals surface area contributed by atoms with Gasteiger partial charge in [-0.15, -0.1) is 0 Å². The van der Waals surface area contributed by atoms with Crippen molar-refractivity contribution in [2.24, 2.45) is 0 Å². The van der Waals surface area contributed by atoms with E-state index >= 15 is 0 Å². The highest BCUT2D eigenvalue weighted by molar-refractivity contribution is 5.97. The molecular formula is C31H31NO5. The van der Waals surface area contributed by atoms with E-state index < -0.39 is 5.97 Å². The number of piperidine rings is 1. The van der Waals surface area contributed by atoms with Gasteiger partial charge in [-0.3, -0.25) is 4.90 Å². The molecule has 1 aliphatic heterocycles. The molecule has 0 atom stereocenters. The maximum Gasteiger partial charge on any atom is 0.337 e. The van der Waals surface area contributed by atoms with E-state index in [4.69, 9.17) is 14.2 Å². The molecule has 0 amide bonds. The smallest absolute Gasteiger partial charge is 0.337 e. The number of hydrogen-bond acceptors (Lipinski definition) is 6. The first-order valence-electron chi connectivity index (χ1n) is 12.7. The van der Waals surface area contributed by atoms with Crippen LogP contribution in [0.25, 0.3) is 21.9 Å². The van der Waals surface area contributed by atoms with Crippen LogP contribution in [0.4, 0.5) is 0 Å². The first-order chi connectivity index (χ1) is 18.1. The maximum absolute atomic E-state index is 12.1. The molecule has 1 saturated heterocycles. The van der Waals surface area contributed by atoms with Gasteiger partial charge in [0.2, 0.25) is 0 Å². The van der Waals surface area contributed by atoms with Gasteiger partial charge in [-0.25, -0.2) is 4.79 Å². The molecule has 6 nitrogen and oxygen atoms in total. The summed E-state index contributed by atoms with van der Waals surface area (Å²) in [4.78, 5) is 14.6. The Balaban J connectivity index is 1.40. The van der Waals surface area contributed by atoms with Crippen LogP contribution in [0.2, 0.25) is 0 Å². The zero-order chi connectivity index (χ0) is 25.6. The van der Waals surface area contributed by atoms with Crippen LogP contribution < -0.4 is 9.47 Å². The Hall–Kier alpha value is -4.03. The van der Waals surface area contributed by atoms with E-state index in [1.54, 1.807) is 24.3 Å². The predicted octanol–water partition coefficient (Wildman–Crippen LogP) is 6.66. The molecule has 37 heavy (non-hydrogen) atoms.